The van der Waals surface area contributed by atoms with Crippen LogP contribution in [0.5, 0.6) is 11.5 Å². The number of rotatable bonds is 13. The lowest BCUT2D eigenvalue weighted by Crippen LogP contribution is -2.53. The Morgan fingerprint density at radius 1 is 1.03 bits per heavy atom. The molecule has 0 spiro atoms. The van der Waals surface area contributed by atoms with Crippen LogP contribution < -0.4 is 19.1 Å². The maximum absolute atomic E-state index is 13.6. The monoisotopic (exact) mass is 519 g/mol. The lowest BCUT2D eigenvalue weighted by Gasteiger charge is -2.32. The van der Waals surface area contributed by atoms with Crippen molar-refractivity contribution in [2.75, 3.05) is 37.9 Å². The molecule has 0 aliphatic heterocycles. The molecule has 36 heavy (non-hydrogen) atoms. The number of hydrogen-bond donors (Lipinski definition) is 1. The minimum atomic E-state index is -3.89. The van der Waals surface area contributed by atoms with Gasteiger partial charge in [-0.15, -0.1) is 0 Å². The minimum Gasteiger partial charge on any atom is -0.497 e. The summed E-state index contributed by atoms with van der Waals surface area (Å²) in [7, 11) is -1.01. The summed E-state index contributed by atoms with van der Waals surface area (Å²) in [6.07, 6.45) is 2.27. The molecular formula is C26H37N3O6S. The molecule has 10 heteroatoms. The maximum Gasteiger partial charge on any atom is 0.244 e. The Kier molecular flexibility index (Phi) is 10.6. The zero-order valence-corrected chi connectivity index (χ0v) is 22.7. The van der Waals surface area contributed by atoms with Gasteiger partial charge < -0.3 is 19.7 Å². The van der Waals surface area contributed by atoms with Crippen LogP contribution >= 0.6 is 0 Å². The summed E-state index contributed by atoms with van der Waals surface area (Å²) in [5.74, 6) is -0.120. The fraction of sp³-hybridized carbons (Fsp3) is 0.462. The van der Waals surface area contributed by atoms with E-state index in [0.717, 1.165) is 22.5 Å². The van der Waals surface area contributed by atoms with Gasteiger partial charge in [-0.3, -0.25) is 13.9 Å². The first-order chi connectivity index (χ1) is 17.0. The Balaban J connectivity index is 2.40. The van der Waals surface area contributed by atoms with Gasteiger partial charge in [-0.2, -0.15) is 0 Å². The smallest absolute Gasteiger partial charge is 0.244 e. The van der Waals surface area contributed by atoms with Crippen LogP contribution in [0.2, 0.25) is 0 Å². The number of ether oxygens (including phenoxy) is 2. The van der Waals surface area contributed by atoms with Gasteiger partial charge in [0.05, 0.1) is 26.2 Å². The van der Waals surface area contributed by atoms with Gasteiger partial charge in [0.15, 0.2) is 0 Å². The summed E-state index contributed by atoms with van der Waals surface area (Å²) in [5, 5.41) is 2.91. The summed E-state index contributed by atoms with van der Waals surface area (Å²) < 4.78 is 37.2. The normalized spacial score (nSPS) is 12.8. The van der Waals surface area contributed by atoms with E-state index in [4.69, 9.17) is 9.47 Å². The number of methoxy groups -OCH3 is 2. The second-order valence-corrected chi connectivity index (χ2v) is 10.5. The second kappa shape index (κ2) is 13.2. The van der Waals surface area contributed by atoms with Gasteiger partial charge in [0, 0.05) is 18.7 Å². The van der Waals surface area contributed by atoms with Crippen LogP contribution in [0.1, 0.15) is 32.8 Å². The van der Waals surface area contributed by atoms with E-state index < -0.39 is 28.5 Å². The first kappa shape index (κ1) is 29.0. The van der Waals surface area contributed by atoms with Crippen molar-refractivity contribution in [1.29, 1.82) is 0 Å². The van der Waals surface area contributed by atoms with E-state index >= 15 is 0 Å². The standard InChI is InChI=1S/C26H37N3O6S/c1-7-19(2)27-26(31)20(3)28(16-15-21-11-9-8-10-12-21)25(30)18-29(36(6,32)33)23-17-22(34-4)13-14-24(23)35-5/h8-14,17,19-20H,7,15-16,18H2,1-6H3,(H,27,31). The Morgan fingerprint density at radius 3 is 2.25 bits per heavy atom. The molecule has 0 fully saturated rings. The third kappa shape index (κ3) is 7.87. The number of carbonyl (C=O) groups is 2. The first-order valence-electron chi connectivity index (χ1n) is 11.8. The summed E-state index contributed by atoms with van der Waals surface area (Å²) >= 11 is 0. The van der Waals surface area contributed by atoms with E-state index in [-0.39, 0.29) is 29.9 Å². The van der Waals surface area contributed by atoms with E-state index in [0.29, 0.717) is 12.2 Å². The zero-order chi connectivity index (χ0) is 26.9. The number of hydrogen-bond acceptors (Lipinski definition) is 6. The molecule has 0 radical (unpaired) electrons. The molecule has 0 heterocycles. The summed E-state index contributed by atoms with van der Waals surface area (Å²) in [6, 6.07) is 13.4. The van der Waals surface area contributed by atoms with Crippen molar-refractivity contribution in [3.8, 4) is 11.5 Å². The molecule has 2 amide bonds. The van der Waals surface area contributed by atoms with Crippen LogP contribution in [0.25, 0.3) is 0 Å². The van der Waals surface area contributed by atoms with Gasteiger partial charge in [0.25, 0.3) is 0 Å². The molecule has 0 saturated heterocycles. The first-order valence-corrected chi connectivity index (χ1v) is 13.7. The van der Waals surface area contributed by atoms with Gasteiger partial charge in [-0.05, 0) is 44.4 Å². The Bertz CT molecular complexity index is 1120. The maximum atomic E-state index is 13.6. The fourth-order valence-corrected chi connectivity index (χ4v) is 4.47. The van der Waals surface area contributed by atoms with Gasteiger partial charge in [-0.1, -0.05) is 37.3 Å². The van der Waals surface area contributed by atoms with E-state index in [1.165, 1.54) is 25.2 Å². The van der Waals surface area contributed by atoms with Crippen molar-refractivity contribution >= 4 is 27.5 Å². The molecular weight excluding hydrogens is 482 g/mol. The third-order valence-corrected chi connectivity index (χ3v) is 7.11. The number of nitrogens with zero attached hydrogens (tertiary/aromatic N) is 2. The van der Waals surface area contributed by atoms with Gasteiger partial charge in [0.1, 0.15) is 24.1 Å². The van der Waals surface area contributed by atoms with Gasteiger partial charge in [-0.25, -0.2) is 8.42 Å². The second-order valence-electron chi connectivity index (χ2n) is 8.62. The molecule has 0 aliphatic rings. The number of sulfonamides is 1. The molecule has 1 N–H and O–H groups in total. The molecule has 9 nitrogen and oxygen atoms in total. The predicted octanol–water partition coefficient (Wildman–Crippen LogP) is 2.84. The van der Waals surface area contributed by atoms with Crippen molar-refractivity contribution in [3.63, 3.8) is 0 Å². The number of amides is 2. The van der Waals surface area contributed by atoms with Crippen LogP contribution in [-0.2, 0) is 26.0 Å². The number of carbonyl (C=O) groups excluding carboxylic acids is 2. The highest BCUT2D eigenvalue weighted by Crippen LogP contribution is 2.33. The van der Waals surface area contributed by atoms with Gasteiger partial charge in [0.2, 0.25) is 21.8 Å². The van der Waals surface area contributed by atoms with Crippen molar-refractivity contribution in [1.82, 2.24) is 10.2 Å². The van der Waals surface area contributed by atoms with E-state index in [1.807, 2.05) is 44.2 Å². The van der Waals surface area contributed by atoms with E-state index in [1.54, 1.807) is 19.1 Å². The molecule has 198 valence electrons. The van der Waals surface area contributed by atoms with Crippen molar-refractivity contribution < 1.29 is 27.5 Å². The highest BCUT2D eigenvalue weighted by Gasteiger charge is 2.31. The largest absolute Gasteiger partial charge is 0.497 e. The molecule has 2 aromatic rings. The van der Waals surface area contributed by atoms with Crippen LogP contribution in [0.3, 0.4) is 0 Å². The topological polar surface area (TPSA) is 105 Å². The Morgan fingerprint density at radius 2 is 1.69 bits per heavy atom. The lowest BCUT2D eigenvalue weighted by molar-refractivity contribution is -0.139. The van der Waals surface area contributed by atoms with E-state index in [9.17, 15) is 18.0 Å². The summed E-state index contributed by atoms with van der Waals surface area (Å²) in [4.78, 5) is 28.0. The van der Waals surface area contributed by atoms with Crippen molar-refractivity contribution in [2.24, 2.45) is 0 Å². The number of anilines is 1. The highest BCUT2D eigenvalue weighted by molar-refractivity contribution is 7.92. The van der Waals surface area contributed by atoms with Gasteiger partial charge >= 0.3 is 0 Å². The Labute approximate surface area is 214 Å². The SMILES string of the molecule is CCC(C)NC(=O)C(C)N(CCc1ccccc1)C(=O)CN(c1cc(OC)ccc1OC)S(C)(=O)=O. The molecule has 0 saturated carbocycles. The average Bonchev–Trinajstić information content (AvgIpc) is 2.86. The van der Waals surface area contributed by atoms with Crippen LogP contribution in [0.15, 0.2) is 48.5 Å². The number of benzene rings is 2. The molecule has 0 bridgehead atoms. The predicted molar refractivity (Wildman–Crippen MR) is 141 cm³/mol. The quantitative estimate of drug-likeness (QED) is 0.436. The molecule has 2 unspecified atom stereocenters. The molecule has 2 atom stereocenters. The summed E-state index contributed by atoms with van der Waals surface area (Å²) in [5.41, 5.74) is 1.17. The highest BCUT2D eigenvalue weighted by atomic mass is 32.2. The van der Waals surface area contributed by atoms with Crippen molar-refractivity contribution in [3.05, 3.63) is 54.1 Å². The molecule has 2 rings (SSSR count). The molecule has 0 aliphatic carbocycles. The average molecular weight is 520 g/mol. The van der Waals surface area contributed by atoms with Crippen LogP contribution in [0, 0.1) is 0 Å². The van der Waals surface area contributed by atoms with Crippen LogP contribution in [-0.4, -0.2) is 70.8 Å². The lowest BCUT2D eigenvalue weighted by atomic mass is 10.1. The third-order valence-electron chi connectivity index (χ3n) is 5.99. The Hall–Kier alpha value is -3.27. The minimum absolute atomic E-state index is 0.0559. The fourth-order valence-electron chi connectivity index (χ4n) is 3.62. The summed E-state index contributed by atoms with van der Waals surface area (Å²) in [6.45, 7) is 5.24. The van der Waals surface area contributed by atoms with Crippen molar-refractivity contribution in [2.45, 2.75) is 45.7 Å². The van der Waals surface area contributed by atoms with Crippen LogP contribution in [0.4, 0.5) is 5.69 Å². The zero-order valence-electron chi connectivity index (χ0n) is 21.9. The van der Waals surface area contributed by atoms with E-state index in [2.05, 4.69) is 5.32 Å². The molecule has 2 aromatic carbocycles. The molecule has 0 aromatic heterocycles. The number of nitrogens with one attached hydrogen (secondary N) is 1.